The van der Waals surface area contributed by atoms with Crippen LogP contribution in [0.5, 0.6) is 0 Å². The first kappa shape index (κ1) is 23.7. The molecule has 1 aliphatic heterocycles. The Labute approximate surface area is 173 Å². The molecule has 5 unspecified atom stereocenters. The number of esters is 4. The molecule has 1 N–H and O–H groups in total. The monoisotopic (exact) mass is 446 g/mol. The van der Waals surface area contributed by atoms with Gasteiger partial charge in [-0.3, -0.25) is 28.7 Å². The van der Waals surface area contributed by atoms with Crippen molar-refractivity contribution in [3.63, 3.8) is 0 Å². The maximum atomic E-state index is 13.9. The van der Waals surface area contributed by atoms with Crippen molar-refractivity contribution in [2.75, 3.05) is 7.11 Å². The van der Waals surface area contributed by atoms with E-state index in [4.69, 9.17) is 18.9 Å². The molecule has 1 aliphatic rings. The number of nitrogens with zero attached hydrogens (tertiary/aromatic N) is 1. The summed E-state index contributed by atoms with van der Waals surface area (Å²) < 4.78 is 39.7. The molecule has 0 bridgehead atoms. The Morgan fingerprint density at radius 1 is 0.968 bits per heavy atom. The van der Waals surface area contributed by atoms with E-state index in [-0.39, 0.29) is 0 Å². The first-order valence-corrected chi connectivity index (χ1v) is 8.72. The fourth-order valence-corrected chi connectivity index (χ4v) is 2.97. The molecule has 2 rings (SSSR count). The third kappa shape index (κ3) is 5.33. The fraction of sp³-hybridized carbons (Fsp3) is 0.529. The van der Waals surface area contributed by atoms with Gasteiger partial charge < -0.3 is 23.7 Å². The Hall–Kier alpha value is -3.55. The van der Waals surface area contributed by atoms with Crippen molar-refractivity contribution in [2.45, 2.75) is 51.4 Å². The van der Waals surface area contributed by atoms with Gasteiger partial charge in [0.05, 0.1) is 13.3 Å². The van der Waals surface area contributed by atoms with Crippen molar-refractivity contribution in [3.05, 3.63) is 32.9 Å². The van der Waals surface area contributed by atoms with Gasteiger partial charge in [0.2, 0.25) is 5.82 Å². The van der Waals surface area contributed by atoms with Gasteiger partial charge in [-0.05, 0) is 0 Å². The van der Waals surface area contributed by atoms with Gasteiger partial charge in [-0.25, -0.2) is 9.59 Å². The van der Waals surface area contributed by atoms with E-state index in [1.807, 2.05) is 0 Å². The largest absolute Gasteiger partial charge is 0.467 e. The molecule has 1 aromatic rings. The van der Waals surface area contributed by atoms with Crippen LogP contribution in [-0.2, 0) is 42.9 Å². The lowest BCUT2D eigenvalue weighted by molar-refractivity contribution is -0.264. The standard InChI is InChI=1S/C17H19FN2O11/c1-6(21)28-10-11(29-7(2)22)13(16(25)27-4)31-15(12(10)30-8(3)23)20-5-9(18)14(24)19-17(20)26/h5,10-13,15H,1-4H3,(H,19,24,26). The van der Waals surface area contributed by atoms with Crippen LogP contribution < -0.4 is 11.2 Å². The summed E-state index contributed by atoms with van der Waals surface area (Å²) in [4.78, 5) is 72.6. The highest BCUT2D eigenvalue weighted by Gasteiger charge is 2.55. The Bertz CT molecular complexity index is 1000. The Balaban J connectivity index is 2.71. The second-order valence-corrected chi connectivity index (χ2v) is 6.34. The van der Waals surface area contributed by atoms with Crippen molar-refractivity contribution in [1.82, 2.24) is 9.55 Å². The Morgan fingerprint density at radius 3 is 2.00 bits per heavy atom. The molecule has 0 saturated carbocycles. The van der Waals surface area contributed by atoms with Crippen LogP contribution in [0, 0.1) is 5.82 Å². The minimum Gasteiger partial charge on any atom is -0.467 e. The first-order chi connectivity index (χ1) is 14.5. The highest BCUT2D eigenvalue weighted by atomic mass is 19.1. The number of aromatic amines is 1. The van der Waals surface area contributed by atoms with Gasteiger partial charge in [-0.15, -0.1) is 0 Å². The predicted molar refractivity (Wildman–Crippen MR) is 93.9 cm³/mol. The van der Waals surface area contributed by atoms with E-state index < -0.39 is 71.6 Å². The maximum absolute atomic E-state index is 13.9. The highest BCUT2D eigenvalue weighted by Crippen LogP contribution is 2.34. The van der Waals surface area contributed by atoms with Crippen molar-refractivity contribution in [1.29, 1.82) is 0 Å². The van der Waals surface area contributed by atoms with E-state index in [1.54, 1.807) is 4.98 Å². The number of H-pyrrole nitrogens is 1. The summed E-state index contributed by atoms with van der Waals surface area (Å²) in [6.07, 6.45) is -8.14. The van der Waals surface area contributed by atoms with Gasteiger partial charge in [0, 0.05) is 20.8 Å². The van der Waals surface area contributed by atoms with Crippen molar-refractivity contribution in [3.8, 4) is 0 Å². The number of hydrogen-bond donors (Lipinski definition) is 1. The lowest BCUT2D eigenvalue weighted by Gasteiger charge is -2.43. The number of halogens is 1. The molecule has 13 nitrogen and oxygen atoms in total. The second-order valence-electron chi connectivity index (χ2n) is 6.34. The topological polar surface area (TPSA) is 169 Å². The number of aromatic nitrogens is 2. The van der Waals surface area contributed by atoms with Crippen LogP contribution in [0.15, 0.2) is 15.8 Å². The molecule has 2 heterocycles. The number of nitrogens with one attached hydrogen (secondary N) is 1. The molecule has 31 heavy (non-hydrogen) atoms. The summed E-state index contributed by atoms with van der Waals surface area (Å²) in [7, 11) is 0.983. The van der Waals surface area contributed by atoms with Crippen LogP contribution in [0.1, 0.15) is 27.0 Å². The second kappa shape index (κ2) is 9.51. The third-order valence-electron chi connectivity index (χ3n) is 4.05. The summed E-state index contributed by atoms with van der Waals surface area (Å²) in [5, 5.41) is 0. The van der Waals surface area contributed by atoms with Crippen molar-refractivity contribution in [2.24, 2.45) is 0 Å². The van der Waals surface area contributed by atoms with Gasteiger partial charge >= 0.3 is 29.6 Å². The minimum atomic E-state index is -1.79. The number of carbonyl (C=O) groups excluding carboxylic acids is 4. The van der Waals surface area contributed by atoms with E-state index in [0.717, 1.165) is 27.9 Å². The molecule has 170 valence electrons. The number of rotatable bonds is 5. The first-order valence-electron chi connectivity index (χ1n) is 8.72. The summed E-state index contributed by atoms with van der Waals surface area (Å²) >= 11 is 0. The van der Waals surface area contributed by atoms with Gasteiger partial charge in [0.25, 0.3) is 5.56 Å². The van der Waals surface area contributed by atoms with Crippen molar-refractivity contribution < 1.29 is 47.3 Å². The van der Waals surface area contributed by atoms with Crippen LogP contribution in [0.2, 0.25) is 0 Å². The molecule has 5 atom stereocenters. The molecule has 1 saturated heterocycles. The predicted octanol–water partition coefficient (Wildman–Crippen LogP) is -1.46. The van der Waals surface area contributed by atoms with Crippen LogP contribution in [-0.4, -0.2) is 65.0 Å². The molecule has 0 radical (unpaired) electrons. The average molecular weight is 446 g/mol. The quantitative estimate of drug-likeness (QED) is 0.414. The fourth-order valence-electron chi connectivity index (χ4n) is 2.97. The molecule has 0 aliphatic carbocycles. The molecule has 0 amide bonds. The van der Waals surface area contributed by atoms with Gasteiger partial charge in [0.15, 0.2) is 30.6 Å². The van der Waals surface area contributed by atoms with Crippen LogP contribution in [0.25, 0.3) is 0 Å². The Kier molecular flexibility index (Phi) is 7.28. The van der Waals surface area contributed by atoms with Crippen molar-refractivity contribution >= 4 is 23.9 Å². The summed E-state index contributed by atoms with van der Waals surface area (Å²) in [5.74, 6) is -5.28. The van der Waals surface area contributed by atoms with Gasteiger partial charge in [-0.2, -0.15) is 4.39 Å². The van der Waals surface area contributed by atoms with E-state index in [1.165, 1.54) is 0 Å². The zero-order valence-corrected chi connectivity index (χ0v) is 16.8. The number of ether oxygens (including phenoxy) is 5. The van der Waals surface area contributed by atoms with E-state index in [9.17, 15) is 33.2 Å². The lowest BCUT2D eigenvalue weighted by Crippen LogP contribution is -2.62. The molecule has 1 aromatic heterocycles. The smallest absolute Gasteiger partial charge is 0.339 e. The van der Waals surface area contributed by atoms with E-state index >= 15 is 0 Å². The normalized spacial score (nSPS) is 25.3. The number of carbonyl (C=O) groups is 4. The Morgan fingerprint density at radius 2 is 1.48 bits per heavy atom. The third-order valence-corrected chi connectivity index (χ3v) is 4.05. The number of hydrogen-bond acceptors (Lipinski definition) is 11. The maximum Gasteiger partial charge on any atom is 0.339 e. The summed E-state index contributed by atoms with van der Waals surface area (Å²) in [5.41, 5.74) is -2.52. The van der Waals surface area contributed by atoms with Crippen LogP contribution >= 0.6 is 0 Å². The molecule has 1 fully saturated rings. The highest BCUT2D eigenvalue weighted by molar-refractivity contribution is 5.77. The lowest BCUT2D eigenvalue weighted by atomic mass is 9.96. The average Bonchev–Trinajstić information content (AvgIpc) is 2.66. The molecular weight excluding hydrogens is 427 g/mol. The molecule has 14 heteroatoms. The van der Waals surface area contributed by atoms with E-state index in [0.29, 0.717) is 10.8 Å². The summed E-state index contributed by atoms with van der Waals surface area (Å²) in [6.45, 7) is 2.96. The SMILES string of the molecule is COC(=O)C1OC(n2cc(F)c(=O)[nH]c2=O)C(OC(C)=O)C(OC(C)=O)C1OC(C)=O. The number of methoxy groups -OCH3 is 1. The van der Waals surface area contributed by atoms with Gasteiger partial charge in [-0.1, -0.05) is 0 Å². The minimum absolute atomic E-state index is 0.452. The van der Waals surface area contributed by atoms with E-state index in [2.05, 4.69) is 4.74 Å². The molecule has 0 aromatic carbocycles. The summed E-state index contributed by atoms with van der Waals surface area (Å²) in [6, 6.07) is 0. The van der Waals surface area contributed by atoms with Gasteiger partial charge in [0.1, 0.15) is 0 Å². The molecule has 0 spiro atoms. The molecular formula is C17H19FN2O11. The van der Waals surface area contributed by atoms with Crippen LogP contribution in [0.3, 0.4) is 0 Å². The zero-order chi connectivity index (χ0) is 23.5. The zero-order valence-electron chi connectivity index (χ0n) is 16.8. The van der Waals surface area contributed by atoms with Crippen LogP contribution in [0.4, 0.5) is 4.39 Å².